The zero-order valence-electron chi connectivity index (χ0n) is 18.1. The lowest BCUT2D eigenvalue weighted by Crippen LogP contribution is -2.45. The molecule has 0 aromatic heterocycles. The third-order valence-corrected chi connectivity index (χ3v) is 5.09. The minimum Gasteiger partial charge on any atom is -0.458 e. The summed E-state index contributed by atoms with van der Waals surface area (Å²) in [7, 11) is 0. The Labute approximate surface area is 175 Å². The van der Waals surface area contributed by atoms with Crippen LogP contribution in [0, 0.1) is 0 Å². The zero-order chi connectivity index (χ0) is 21.9. The summed E-state index contributed by atoms with van der Waals surface area (Å²) >= 11 is 0. The Morgan fingerprint density at radius 3 is 1.66 bits per heavy atom. The largest absolute Gasteiger partial charge is 0.458 e. The van der Waals surface area contributed by atoms with Crippen LogP contribution in [0.5, 0.6) is 0 Å². The van der Waals surface area contributed by atoms with Crippen molar-refractivity contribution in [1.29, 1.82) is 0 Å². The molecule has 0 aromatic rings. The van der Waals surface area contributed by atoms with Crippen molar-refractivity contribution in [2.75, 3.05) is 13.2 Å². The first-order chi connectivity index (χ1) is 13.9. The number of hydrogen-bond donors (Lipinski definition) is 4. The van der Waals surface area contributed by atoms with Gasteiger partial charge in [-0.15, -0.1) is 0 Å². The van der Waals surface area contributed by atoms with Crippen LogP contribution in [0.4, 0.5) is 0 Å². The van der Waals surface area contributed by atoms with Crippen molar-refractivity contribution in [3.8, 4) is 0 Å². The molecule has 0 heterocycles. The van der Waals surface area contributed by atoms with E-state index in [-0.39, 0.29) is 6.42 Å². The summed E-state index contributed by atoms with van der Waals surface area (Å²) in [5, 5.41) is 36.8. The maximum atomic E-state index is 11.6. The average molecular weight is 419 g/mol. The second-order valence-corrected chi connectivity index (χ2v) is 7.80. The van der Waals surface area contributed by atoms with Crippen molar-refractivity contribution in [1.82, 2.24) is 0 Å². The molecule has 0 amide bonds. The van der Waals surface area contributed by atoms with Gasteiger partial charge in [0, 0.05) is 6.42 Å². The molecule has 0 aliphatic heterocycles. The van der Waals surface area contributed by atoms with E-state index in [1.165, 1.54) is 64.2 Å². The van der Waals surface area contributed by atoms with Crippen molar-refractivity contribution in [3.05, 3.63) is 0 Å². The van der Waals surface area contributed by atoms with Gasteiger partial charge in [-0.3, -0.25) is 9.59 Å². The summed E-state index contributed by atoms with van der Waals surface area (Å²) in [6, 6.07) is 0. The number of aliphatic hydroxyl groups excluding tert-OH is 4. The fourth-order valence-electron chi connectivity index (χ4n) is 3.11. The first-order valence-corrected chi connectivity index (χ1v) is 11.3. The van der Waals surface area contributed by atoms with Crippen molar-refractivity contribution in [2.45, 2.75) is 115 Å². The zero-order valence-corrected chi connectivity index (χ0v) is 18.1. The molecule has 0 fully saturated rings. The number of unbranched alkanes of at least 4 members (excludes halogenated alkanes) is 12. The second kappa shape index (κ2) is 19.0. The van der Waals surface area contributed by atoms with Gasteiger partial charge < -0.3 is 25.2 Å². The van der Waals surface area contributed by atoms with E-state index in [1.807, 2.05) is 0 Å². The Hall–Kier alpha value is -1.02. The number of aliphatic hydroxyl groups is 4. The maximum absolute atomic E-state index is 11.6. The van der Waals surface area contributed by atoms with Crippen molar-refractivity contribution in [2.24, 2.45) is 0 Å². The van der Waals surface area contributed by atoms with Gasteiger partial charge in [0.1, 0.15) is 18.3 Å². The molecule has 0 bridgehead atoms. The molecule has 172 valence electrons. The predicted molar refractivity (Wildman–Crippen MR) is 111 cm³/mol. The molecule has 0 aromatic carbocycles. The minimum absolute atomic E-state index is 0.211. The third-order valence-electron chi connectivity index (χ3n) is 5.09. The molecule has 0 rings (SSSR count). The van der Waals surface area contributed by atoms with E-state index >= 15 is 0 Å². The highest BCUT2D eigenvalue weighted by Crippen LogP contribution is 2.13. The van der Waals surface area contributed by atoms with Gasteiger partial charge in [0.15, 0.2) is 6.61 Å². The fourth-order valence-corrected chi connectivity index (χ4v) is 3.11. The first-order valence-electron chi connectivity index (χ1n) is 11.3. The first kappa shape index (κ1) is 28.0. The van der Waals surface area contributed by atoms with Crippen LogP contribution in [0.25, 0.3) is 0 Å². The number of ether oxygens (including phenoxy) is 1. The van der Waals surface area contributed by atoms with Crippen LogP contribution in [-0.2, 0) is 14.3 Å². The lowest BCUT2D eigenvalue weighted by molar-refractivity contribution is -0.155. The molecule has 0 saturated carbocycles. The Morgan fingerprint density at radius 1 is 0.759 bits per heavy atom. The Balaban J connectivity index is 3.53. The standard InChI is InChI=1S/C22H42O7/c1-2-3-4-5-6-7-8-9-10-11-12-13-14-15-20(26)29-17-19(25)22(28)21(27)18(24)16-23/h18,21-24,27-28H,2-17H2,1H3/t18-,21+,22+/m0/s1. The van der Waals surface area contributed by atoms with Crippen molar-refractivity contribution < 1.29 is 34.8 Å². The van der Waals surface area contributed by atoms with Gasteiger partial charge >= 0.3 is 5.97 Å². The molecular formula is C22H42O7. The summed E-state index contributed by atoms with van der Waals surface area (Å²) in [5.74, 6) is -1.44. The number of esters is 1. The van der Waals surface area contributed by atoms with Crippen LogP contribution >= 0.6 is 0 Å². The van der Waals surface area contributed by atoms with Crippen molar-refractivity contribution in [3.63, 3.8) is 0 Å². The van der Waals surface area contributed by atoms with E-state index in [0.717, 1.165) is 12.8 Å². The lowest BCUT2D eigenvalue weighted by atomic mass is 10.0. The molecule has 7 heteroatoms. The molecule has 0 saturated heterocycles. The monoisotopic (exact) mass is 418 g/mol. The van der Waals surface area contributed by atoms with Crippen LogP contribution in [-0.4, -0.2) is 63.7 Å². The Morgan fingerprint density at radius 2 is 1.21 bits per heavy atom. The van der Waals surface area contributed by atoms with Gasteiger partial charge in [0.05, 0.1) is 6.61 Å². The fraction of sp³-hybridized carbons (Fsp3) is 0.909. The molecular weight excluding hydrogens is 376 g/mol. The van der Waals surface area contributed by atoms with Gasteiger partial charge in [-0.1, -0.05) is 84.0 Å². The molecule has 0 aliphatic carbocycles. The topological polar surface area (TPSA) is 124 Å². The summed E-state index contributed by atoms with van der Waals surface area (Å²) in [6.45, 7) is 0.786. The van der Waals surface area contributed by atoms with E-state index in [0.29, 0.717) is 6.42 Å². The van der Waals surface area contributed by atoms with E-state index in [1.54, 1.807) is 0 Å². The molecule has 4 N–H and O–H groups in total. The number of carbonyl (C=O) groups is 2. The van der Waals surface area contributed by atoms with Gasteiger partial charge in [0.25, 0.3) is 0 Å². The molecule has 3 atom stereocenters. The number of ketones is 1. The van der Waals surface area contributed by atoms with Gasteiger partial charge in [-0.05, 0) is 6.42 Å². The third kappa shape index (κ3) is 15.5. The molecule has 7 nitrogen and oxygen atoms in total. The van der Waals surface area contributed by atoms with E-state index in [9.17, 15) is 24.9 Å². The summed E-state index contributed by atoms with van der Waals surface area (Å²) in [4.78, 5) is 23.2. The van der Waals surface area contributed by atoms with E-state index < -0.39 is 43.3 Å². The summed E-state index contributed by atoms with van der Waals surface area (Å²) in [5.41, 5.74) is 0. The number of carbonyl (C=O) groups excluding carboxylic acids is 2. The van der Waals surface area contributed by atoms with Gasteiger partial charge in [0.2, 0.25) is 5.78 Å². The van der Waals surface area contributed by atoms with Gasteiger partial charge in [-0.2, -0.15) is 0 Å². The minimum atomic E-state index is -1.90. The number of rotatable bonds is 20. The quantitative estimate of drug-likeness (QED) is 0.177. The van der Waals surface area contributed by atoms with Crippen LogP contribution in [0.1, 0.15) is 96.8 Å². The molecule has 0 spiro atoms. The van der Waals surface area contributed by atoms with Crippen LogP contribution in [0.3, 0.4) is 0 Å². The highest BCUT2D eigenvalue weighted by Gasteiger charge is 2.30. The maximum Gasteiger partial charge on any atom is 0.306 e. The Bertz CT molecular complexity index is 414. The van der Waals surface area contributed by atoms with Crippen molar-refractivity contribution >= 4 is 11.8 Å². The second-order valence-electron chi connectivity index (χ2n) is 7.80. The average Bonchev–Trinajstić information content (AvgIpc) is 2.73. The van der Waals surface area contributed by atoms with Crippen LogP contribution in [0.15, 0.2) is 0 Å². The lowest BCUT2D eigenvalue weighted by Gasteiger charge is -2.20. The molecule has 0 unspecified atom stereocenters. The van der Waals surface area contributed by atoms with Crippen LogP contribution < -0.4 is 0 Å². The summed E-state index contributed by atoms with van der Waals surface area (Å²) < 4.78 is 4.79. The van der Waals surface area contributed by atoms with Gasteiger partial charge in [-0.25, -0.2) is 0 Å². The number of Topliss-reactive ketones (excluding diaryl/α,β-unsaturated/α-hetero) is 1. The highest BCUT2D eigenvalue weighted by molar-refractivity contribution is 5.86. The molecule has 29 heavy (non-hydrogen) atoms. The number of hydrogen-bond acceptors (Lipinski definition) is 7. The normalized spacial score (nSPS) is 14.4. The van der Waals surface area contributed by atoms with Crippen LogP contribution in [0.2, 0.25) is 0 Å². The predicted octanol–water partition coefficient (Wildman–Crippen LogP) is 2.66. The smallest absolute Gasteiger partial charge is 0.306 e. The molecule has 0 aliphatic rings. The highest BCUT2D eigenvalue weighted by atomic mass is 16.5. The SMILES string of the molecule is CCCCCCCCCCCCCCCC(=O)OCC(=O)[C@@H](O)[C@H](O)[C@@H](O)CO. The Kier molecular flexibility index (Phi) is 18.3. The molecule has 0 radical (unpaired) electrons. The summed E-state index contributed by atoms with van der Waals surface area (Å²) in [6.07, 6.45) is 10.6. The van der Waals surface area contributed by atoms with E-state index in [4.69, 9.17) is 9.84 Å². The van der Waals surface area contributed by atoms with E-state index in [2.05, 4.69) is 6.92 Å².